The van der Waals surface area contributed by atoms with Crippen molar-refractivity contribution in [2.45, 2.75) is 236 Å². The van der Waals surface area contributed by atoms with Gasteiger partial charge in [0.25, 0.3) is 0 Å². The summed E-state index contributed by atoms with van der Waals surface area (Å²) in [5, 5.41) is 76.1. The number of aromatic nitrogens is 3. The second-order valence-electron chi connectivity index (χ2n) is 28.9. The topological polar surface area (TPSA) is 686 Å². The number of rotatable bonds is 33. The number of aliphatic hydroxyl groups is 1. The van der Waals surface area contributed by atoms with Crippen LogP contribution in [0, 0.1) is 17.8 Å². The van der Waals surface area contributed by atoms with Gasteiger partial charge in [-0.2, -0.15) is 12.6 Å². The molecule has 3 aliphatic rings. The molecule has 2 bridgehead atoms. The number of amides is 15. The minimum atomic E-state index is -2.20. The Bertz CT molecular complexity index is 3640. The molecule has 0 aliphatic carbocycles. The van der Waals surface area contributed by atoms with Crippen LogP contribution in [0.5, 0.6) is 0 Å². The number of hydrogen-bond acceptors (Lipinski definition) is 24. The van der Waals surface area contributed by atoms with Gasteiger partial charge >= 0.3 is 17.9 Å². The smallest absolute Gasteiger partial charge is 0.305 e. The van der Waals surface area contributed by atoms with Crippen LogP contribution >= 0.6 is 12.6 Å². The fourth-order valence-corrected chi connectivity index (χ4v) is 12.6. The van der Waals surface area contributed by atoms with Gasteiger partial charge in [-0.3, -0.25) is 96.0 Å². The number of carbonyl (C=O) groups excluding carboxylic acids is 15. The van der Waals surface area contributed by atoms with Crippen LogP contribution < -0.4 is 86.7 Å². The number of nitrogens with zero attached hydrogens (tertiary/aromatic N) is 6. The number of aliphatic hydroxyl groups excluding tert-OH is 1. The lowest BCUT2D eigenvalue weighted by atomic mass is 10.0. The molecule has 1 aromatic rings. The van der Waals surface area contributed by atoms with Gasteiger partial charge in [0.05, 0.1) is 43.9 Å². The van der Waals surface area contributed by atoms with Crippen molar-refractivity contribution in [1.82, 2.24) is 88.6 Å². The maximum Gasteiger partial charge on any atom is 0.305 e. The van der Waals surface area contributed by atoms with E-state index in [0.29, 0.717) is 11.3 Å². The highest BCUT2D eigenvalue weighted by Gasteiger charge is 2.46. The summed E-state index contributed by atoms with van der Waals surface area (Å²) >= 11 is 4.25. The van der Waals surface area contributed by atoms with Crippen LogP contribution in [0.1, 0.15) is 138 Å². The van der Waals surface area contributed by atoms with E-state index in [2.05, 4.69) is 91.7 Å². The van der Waals surface area contributed by atoms with Gasteiger partial charge in [0, 0.05) is 57.3 Å². The first kappa shape index (κ1) is 94.4. The monoisotopic (exact) mass is 1620 g/mol. The molecule has 24 N–H and O–H groups in total. The van der Waals surface area contributed by atoms with Crippen molar-refractivity contribution in [3.63, 3.8) is 0 Å². The number of guanidine groups is 1. The Labute approximate surface area is 654 Å². The second-order valence-corrected chi connectivity index (χ2v) is 29.2. The van der Waals surface area contributed by atoms with E-state index in [4.69, 9.17) is 22.9 Å². The van der Waals surface area contributed by atoms with Gasteiger partial charge in [-0.15, -0.1) is 5.10 Å². The number of carboxylic acids is 3. The normalized spacial score (nSPS) is 22.7. The maximum absolute atomic E-state index is 15.6. The average molecular weight is 1620 g/mol. The minimum absolute atomic E-state index is 0.00753. The SMILES string of the molecule is CC(C)C[C@H](NC(=O)[C@H](CS)NC(=O)[C@@H](N)CC(C)C)C(=O)N[C@@H](CCCN=C(N)N)C(=O)N1CCC[C@H]1C(=O)N[C@H](C(=O)NCC(=O)N[C@H]1CCn2cc(nn2)C[C@@H](C(N)=O)NC(=O)[C@H](CCC(=O)O)NC(=O)CNC(=O)[C@H]([C@@H](C)O)NC(=O)[C@H](CCC(=O)O)NC(=O)[C@@H]2C[C@H](F)CN2C(=O)[C@H](CC(=O)O)NC1=O)C(C)C. The lowest BCUT2D eigenvalue weighted by Crippen LogP contribution is -2.60. The molecule has 4 heterocycles. The van der Waals surface area contributed by atoms with Crippen molar-refractivity contribution in [1.29, 1.82) is 0 Å². The van der Waals surface area contributed by atoms with E-state index >= 15 is 4.39 Å². The number of alkyl halides is 1. The number of thiol groups is 1. The summed E-state index contributed by atoms with van der Waals surface area (Å²) in [6, 6.07) is -20.9. The molecule has 44 nitrogen and oxygen atoms in total. The van der Waals surface area contributed by atoms with Crippen molar-refractivity contribution in [2.24, 2.45) is 45.7 Å². The summed E-state index contributed by atoms with van der Waals surface area (Å²) in [6.07, 6.45) is -8.12. The van der Waals surface area contributed by atoms with E-state index in [9.17, 15) is 107 Å². The molecule has 15 atom stereocenters. The third-order valence-electron chi connectivity index (χ3n) is 18.1. The van der Waals surface area contributed by atoms with Crippen molar-refractivity contribution < 1.29 is 111 Å². The van der Waals surface area contributed by atoms with Crippen LogP contribution in [-0.4, -0.2) is 287 Å². The molecule has 0 aromatic carbocycles. The first-order valence-electron chi connectivity index (χ1n) is 36.8. The Morgan fingerprint density at radius 2 is 1.30 bits per heavy atom. The van der Waals surface area contributed by atoms with E-state index in [-0.39, 0.29) is 74.4 Å². The lowest BCUT2D eigenvalue weighted by Gasteiger charge is -2.31. The van der Waals surface area contributed by atoms with E-state index in [1.165, 1.54) is 24.9 Å². The highest BCUT2D eigenvalue weighted by molar-refractivity contribution is 7.80. The third-order valence-corrected chi connectivity index (χ3v) is 18.5. The van der Waals surface area contributed by atoms with Crippen LogP contribution in [0.15, 0.2) is 11.2 Å². The average Bonchev–Trinajstić information content (AvgIpc) is 1.70. The number of halogens is 1. The van der Waals surface area contributed by atoms with Gasteiger partial charge in [-0.25, -0.2) is 4.39 Å². The summed E-state index contributed by atoms with van der Waals surface area (Å²) in [6.45, 7) is 7.99. The zero-order valence-electron chi connectivity index (χ0n) is 63.8. The fourth-order valence-electron chi connectivity index (χ4n) is 12.3. The number of aliphatic carboxylic acids is 3. The van der Waals surface area contributed by atoms with Crippen LogP contribution in [0.2, 0.25) is 0 Å². The number of nitrogens with one attached hydrogen (secondary N) is 12. The molecule has 46 heteroatoms. The molecule has 3 aliphatic heterocycles. The van der Waals surface area contributed by atoms with Crippen LogP contribution in [-0.2, 0) is 99.3 Å². The number of aryl methyl sites for hydroxylation is 1. The van der Waals surface area contributed by atoms with Gasteiger partial charge in [-0.05, 0) is 82.5 Å². The number of aliphatic imine (C=N–C) groups is 1. The number of nitrogens with two attached hydrogens (primary N) is 4. The lowest BCUT2D eigenvalue weighted by molar-refractivity contribution is -0.146. The molecule has 2 fully saturated rings. The number of fused-ring (bicyclic) bond motifs is 3. The molecule has 113 heavy (non-hydrogen) atoms. The second kappa shape index (κ2) is 45.5. The van der Waals surface area contributed by atoms with Gasteiger partial charge in [0.2, 0.25) is 88.6 Å². The Morgan fingerprint density at radius 1 is 0.699 bits per heavy atom. The minimum Gasteiger partial charge on any atom is -0.481 e. The Morgan fingerprint density at radius 3 is 1.88 bits per heavy atom. The standard InChI is InChI=1S/C67H107FN22O22S/c1-30(2)20-36(69)55(101)83-44(29-113)60(106)81-42(21-31(3)4)59(105)79-40(10-8-17-73-67(71)72)65(111)89-18-9-11-45(89)61(107)84-52(32(5)6)63(109)74-25-48(93)77-39-16-19-88-28-35(86-87-88)23-41(54(70)100)80-56(102)37(12-14-49(94)95)76-47(92)26-75-64(110)53(33(7)91)85-58(104)38(13-15-50(96)97)78-62(108)46-22-34(68)27-90(46)66(112)43(24-51(98)99)82-57(39)103/h28,30-34,36-46,52-53,91,113H,8-27,29,69H2,1-7H3,(H2,70,100)(H,74,109)(H,75,110)(H,76,92)(H,77,93)(H,78,108)(H,79,105)(H,80,102)(H,81,106)(H,82,103)(H,83,101)(H,84,107)(H,85,104)(H,94,95)(H,96,97)(H,98,99)(H4,71,72,73)/t33-,34+,36+,37+,38+,39+,40+,41+,42+,43+,44+,45+,46+,52+,53+/m1/s1. The van der Waals surface area contributed by atoms with Crippen molar-refractivity contribution >= 4 is 125 Å². The van der Waals surface area contributed by atoms with Gasteiger partial charge in [0.1, 0.15) is 78.7 Å². The van der Waals surface area contributed by atoms with Crippen LogP contribution in [0.3, 0.4) is 0 Å². The van der Waals surface area contributed by atoms with Crippen LogP contribution in [0.25, 0.3) is 0 Å². The molecule has 15 amide bonds. The van der Waals surface area contributed by atoms with E-state index < -0.39 is 281 Å². The number of hydrogen-bond donors (Lipinski definition) is 21. The predicted octanol–water partition coefficient (Wildman–Crippen LogP) is -8.64. The number of carboxylic acid groups (broad SMARTS) is 3. The largest absolute Gasteiger partial charge is 0.481 e. The summed E-state index contributed by atoms with van der Waals surface area (Å²) in [4.78, 5) is 250. The number of carbonyl (C=O) groups is 18. The molecular formula is C67H107FN22O22S. The first-order chi connectivity index (χ1) is 53.0. The number of primary amides is 1. The molecule has 0 spiro atoms. The van der Waals surface area contributed by atoms with Gasteiger partial charge in [0.15, 0.2) is 5.96 Å². The van der Waals surface area contributed by atoms with Gasteiger partial charge < -0.3 is 117 Å². The van der Waals surface area contributed by atoms with Crippen molar-refractivity contribution in [2.75, 3.05) is 38.5 Å². The zero-order chi connectivity index (χ0) is 84.8. The Kier molecular flexibility index (Phi) is 38.1. The highest BCUT2D eigenvalue weighted by Crippen LogP contribution is 2.25. The zero-order valence-corrected chi connectivity index (χ0v) is 64.7. The van der Waals surface area contributed by atoms with E-state index in [1.807, 2.05) is 13.8 Å². The maximum atomic E-state index is 15.6. The summed E-state index contributed by atoms with van der Waals surface area (Å²) in [7, 11) is 0. The summed E-state index contributed by atoms with van der Waals surface area (Å²) in [5.74, 6) is -22.2. The molecule has 2 saturated heterocycles. The molecule has 1 aromatic heterocycles. The van der Waals surface area contributed by atoms with Crippen LogP contribution in [0.4, 0.5) is 4.39 Å². The first-order valence-corrected chi connectivity index (χ1v) is 37.4. The Balaban J connectivity index is 1.68. The Hall–Kier alpha value is -10.9. The quantitative estimate of drug-likeness (QED) is 0.0134. The summed E-state index contributed by atoms with van der Waals surface area (Å²) < 4.78 is 16.6. The molecule has 630 valence electrons. The van der Waals surface area contributed by atoms with Gasteiger partial charge in [-0.1, -0.05) is 46.8 Å². The van der Waals surface area contributed by atoms with Crippen molar-refractivity contribution in [3.05, 3.63) is 11.9 Å². The third kappa shape index (κ3) is 31.3. The highest BCUT2D eigenvalue weighted by atomic mass is 32.1. The number of likely N-dealkylation sites (tertiary alicyclic amines) is 1. The van der Waals surface area contributed by atoms with Crippen molar-refractivity contribution in [3.8, 4) is 0 Å². The molecular weight excluding hydrogens is 1520 g/mol. The van der Waals surface area contributed by atoms with E-state index in [0.717, 1.165) is 11.6 Å². The fraction of sp³-hybridized carbons (Fsp3) is 0.687. The molecule has 0 unspecified atom stereocenters. The molecule has 4 rings (SSSR count). The molecule has 0 saturated carbocycles. The van der Waals surface area contributed by atoms with E-state index in [1.54, 1.807) is 13.8 Å². The summed E-state index contributed by atoms with van der Waals surface area (Å²) in [5.41, 5.74) is 22.7. The predicted molar refractivity (Wildman–Crippen MR) is 396 cm³/mol. The molecule has 0 radical (unpaired) electrons.